The third kappa shape index (κ3) is 11.2. The van der Waals surface area contributed by atoms with E-state index in [0.717, 1.165) is 25.9 Å². The van der Waals surface area contributed by atoms with Crippen LogP contribution in [0, 0.1) is 0 Å². The van der Waals surface area contributed by atoms with Gasteiger partial charge in [0.15, 0.2) is 5.96 Å². The van der Waals surface area contributed by atoms with Gasteiger partial charge in [0.1, 0.15) is 6.54 Å². The van der Waals surface area contributed by atoms with E-state index in [2.05, 4.69) is 48.2 Å². The van der Waals surface area contributed by atoms with Gasteiger partial charge in [-0.05, 0) is 47.5 Å². The summed E-state index contributed by atoms with van der Waals surface area (Å²) in [6.07, 6.45) is 1.37. The van der Waals surface area contributed by atoms with Crippen LogP contribution in [0.25, 0.3) is 0 Å². The largest absolute Gasteiger partial charge is 0.450 e. The molecule has 2 N–H and O–H groups in total. The summed E-state index contributed by atoms with van der Waals surface area (Å²) in [5.41, 5.74) is 0. The summed E-state index contributed by atoms with van der Waals surface area (Å²) in [6.45, 7) is 14.0. The third-order valence-corrected chi connectivity index (χ3v) is 5.22. The second-order valence-corrected chi connectivity index (χ2v) is 8.41. The van der Waals surface area contributed by atoms with E-state index in [1.165, 1.54) is 4.90 Å². The lowest BCUT2D eigenvalue weighted by atomic mass is 10.1. The number of guanidine groups is 1. The van der Waals surface area contributed by atoms with Gasteiger partial charge in [-0.1, -0.05) is 0 Å². The number of likely N-dealkylation sites (tertiary alicyclic amines) is 1. The Balaban J connectivity index is 0.00000900. The van der Waals surface area contributed by atoms with Crippen molar-refractivity contribution in [2.24, 2.45) is 4.99 Å². The zero-order chi connectivity index (χ0) is 22.7. The number of hydrogen-bond acceptors (Lipinski definition) is 5. The first-order chi connectivity index (χ1) is 14.1. The van der Waals surface area contributed by atoms with Gasteiger partial charge in [0.25, 0.3) is 0 Å². The molecule has 0 spiro atoms. The summed E-state index contributed by atoms with van der Waals surface area (Å²) in [6, 6.07) is 1.12. The molecule has 1 saturated heterocycles. The molecule has 2 amide bonds. The van der Waals surface area contributed by atoms with Gasteiger partial charge in [0.05, 0.1) is 6.61 Å². The van der Waals surface area contributed by atoms with E-state index in [-0.39, 0.29) is 48.6 Å². The van der Waals surface area contributed by atoms with Gasteiger partial charge in [0, 0.05) is 58.4 Å². The number of halogens is 1. The highest BCUT2D eigenvalue weighted by Gasteiger charge is 2.24. The molecule has 1 fully saturated rings. The number of nitrogens with zero attached hydrogens (tertiary/aromatic N) is 4. The summed E-state index contributed by atoms with van der Waals surface area (Å²) < 4.78 is 5.08. The molecule has 0 unspecified atom stereocenters. The number of ether oxygens (including phenoxy) is 1. The van der Waals surface area contributed by atoms with Crippen molar-refractivity contribution in [3.63, 3.8) is 0 Å². The average molecular weight is 555 g/mol. The normalized spacial score (nSPS) is 15.2. The van der Waals surface area contributed by atoms with E-state index in [1.807, 2.05) is 6.92 Å². The van der Waals surface area contributed by atoms with E-state index >= 15 is 0 Å². The van der Waals surface area contributed by atoms with Crippen LogP contribution in [-0.4, -0.2) is 104 Å². The van der Waals surface area contributed by atoms with Crippen LogP contribution >= 0.6 is 24.0 Å². The van der Waals surface area contributed by atoms with Crippen LogP contribution in [0.4, 0.5) is 4.79 Å². The zero-order valence-electron chi connectivity index (χ0n) is 20.3. The fourth-order valence-corrected chi connectivity index (χ4v) is 3.47. The van der Waals surface area contributed by atoms with Crippen LogP contribution in [0.5, 0.6) is 0 Å². The van der Waals surface area contributed by atoms with E-state index in [9.17, 15) is 9.59 Å². The molecule has 0 atom stereocenters. The van der Waals surface area contributed by atoms with Crippen molar-refractivity contribution >= 4 is 41.9 Å². The van der Waals surface area contributed by atoms with Gasteiger partial charge < -0.3 is 25.2 Å². The lowest BCUT2D eigenvalue weighted by Gasteiger charge is -2.33. The van der Waals surface area contributed by atoms with Gasteiger partial charge >= 0.3 is 6.09 Å². The maximum atomic E-state index is 12.0. The van der Waals surface area contributed by atoms with Crippen LogP contribution in [0.3, 0.4) is 0 Å². The maximum Gasteiger partial charge on any atom is 0.409 e. The molecule has 0 aliphatic carbocycles. The average Bonchev–Trinajstić information content (AvgIpc) is 2.68. The fraction of sp³-hybridized carbons (Fsp3) is 0.857. The summed E-state index contributed by atoms with van der Waals surface area (Å²) in [5.74, 6) is 0.603. The Hall–Kier alpha value is -1.30. The van der Waals surface area contributed by atoms with Crippen LogP contribution in [0.2, 0.25) is 0 Å². The smallest absolute Gasteiger partial charge is 0.409 e. The number of rotatable bonds is 9. The van der Waals surface area contributed by atoms with Gasteiger partial charge in [-0.15, -0.1) is 24.0 Å². The fourth-order valence-electron chi connectivity index (χ4n) is 3.47. The highest BCUT2D eigenvalue weighted by atomic mass is 127. The van der Waals surface area contributed by atoms with Crippen molar-refractivity contribution < 1.29 is 14.3 Å². The van der Waals surface area contributed by atoms with Crippen molar-refractivity contribution in [1.29, 1.82) is 0 Å². The van der Waals surface area contributed by atoms with E-state index < -0.39 is 0 Å². The molecule has 0 bridgehead atoms. The molecule has 0 radical (unpaired) electrons. The topological polar surface area (TPSA) is 89.5 Å². The highest BCUT2D eigenvalue weighted by Crippen LogP contribution is 2.11. The minimum Gasteiger partial charge on any atom is -0.450 e. The molecule has 0 aromatic carbocycles. The summed E-state index contributed by atoms with van der Waals surface area (Å²) in [5, 5.41) is 6.82. The first-order valence-corrected chi connectivity index (χ1v) is 11.1. The molecule has 10 heteroatoms. The molecule has 1 aliphatic heterocycles. The van der Waals surface area contributed by atoms with Crippen LogP contribution in [0.15, 0.2) is 4.99 Å². The molecular weight excluding hydrogens is 511 g/mol. The number of nitrogens with one attached hydrogen (secondary N) is 2. The number of carbonyl (C=O) groups excluding carboxylic acids is 2. The quantitative estimate of drug-likeness (QED) is 0.258. The van der Waals surface area contributed by atoms with E-state index in [0.29, 0.717) is 37.7 Å². The van der Waals surface area contributed by atoms with Crippen molar-refractivity contribution in [1.82, 2.24) is 25.3 Å². The third-order valence-electron chi connectivity index (χ3n) is 5.22. The highest BCUT2D eigenvalue weighted by molar-refractivity contribution is 14.0. The van der Waals surface area contributed by atoms with E-state index in [4.69, 9.17) is 4.74 Å². The molecule has 1 heterocycles. The Morgan fingerprint density at radius 3 is 2.19 bits per heavy atom. The maximum absolute atomic E-state index is 12.0. The predicted molar refractivity (Wildman–Crippen MR) is 136 cm³/mol. The zero-order valence-corrected chi connectivity index (χ0v) is 22.6. The lowest BCUT2D eigenvalue weighted by molar-refractivity contribution is -0.127. The van der Waals surface area contributed by atoms with Gasteiger partial charge in [-0.25, -0.2) is 9.79 Å². The number of aliphatic imine (C=N–C) groups is 1. The number of carbonyl (C=O) groups is 2. The van der Waals surface area contributed by atoms with Crippen molar-refractivity contribution in [3.8, 4) is 0 Å². The summed E-state index contributed by atoms with van der Waals surface area (Å²) in [7, 11) is 3.46. The Bertz CT molecular complexity index is 555. The molecule has 0 aromatic rings. The first kappa shape index (κ1) is 29.7. The van der Waals surface area contributed by atoms with E-state index in [1.54, 1.807) is 19.0 Å². The minimum atomic E-state index is -0.248. The van der Waals surface area contributed by atoms with Crippen LogP contribution in [0.1, 0.15) is 47.5 Å². The van der Waals surface area contributed by atoms with Crippen molar-refractivity contribution in [2.45, 2.75) is 65.6 Å². The number of amides is 2. The molecular formula is C21H43IN6O3. The Morgan fingerprint density at radius 1 is 1.13 bits per heavy atom. The second-order valence-electron chi connectivity index (χ2n) is 8.41. The number of piperidine rings is 1. The SMILES string of the molecule is CCOC(=O)N1CCC(NC(=NCC(=O)N(C)C)NCCN(C(C)C)C(C)C)CC1.I. The Kier molecular flexibility index (Phi) is 14.8. The number of hydrogen-bond donors (Lipinski definition) is 2. The Labute approximate surface area is 205 Å². The van der Waals surface area contributed by atoms with Gasteiger partial charge in [-0.3, -0.25) is 9.69 Å². The van der Waals surface area contributed by atoms with Gasteiger partial charge in [0.2, 0.25) is 5.91 Å². The Morgan fingerprint density at radius 2 is 1.71 bits per heavy atom. The van der Waals surface area contributed by atoms with Crippen molar-refractivity contribution in [2.75, 3.05) is 53.4 Å². The lowest BCUT2D eigenvalue weighted by Crippen LogP contribution is -2.51. The monoisotopic (exact) mass is 554 g/mol. The van der Waals surface area contributed by atoms with Crippen LogP contribution < -0.4 is 10.6 Å². The molecule has 1 rings (SSSR count). The first-order valence-electron chi connectivity index (χ1n) is 11.1. The summed E-state index contributed by atoms with van der Waals surface area (Å²) in [4.78, 5) is 34.0. The summed E-state index contributed by atoms with van der Waals surface area (Å²) >= 11 is 0. The molecule has 1 aliphatic rings. The molecule has 182 valence electrons. The minimum absolute atomic E-state index is 0. The molecule has 31 heavy (non-hydrogen) atoms. The molecule has 0 saturated carbocycles. The predicted octanol–water partition coefficient (Wildman–Crippen LogP) is 1.97. The molecule has 0 aromatic heterocycles. The standard InChI is InChI=1S/C21H42N6O3.HI/c1-8-30-21(29)26-12-9-18(10-13-26)24-20(23-15-19(28)25(6)7)22-11-14-27(16(2)3)17(4)5;/h16-18H,8-15H2,1-7H3,(H2,22,23,24);1H. The second kappa shape index (κ2) is 15.5. The van der Waals surface area contributed by atoms with Crippen LogP contribution in [-0.2, 0) is 9.53 Å². The number of likely N-dealkylation sites (N-methyl/N-ethyl adjacent to an activating group) is 1. The van der Waals surface area contributed by atoms with Crippen molar-refractivity contribution in [3.05, 3.63) is 0 Å². The van der Waals surface area contributed by atoms with Gasteiger partial charge in [-0.2, -0.15) is 0 Å². The molecule has 9 nitrogen and oxygen atoms in total.